The molecule has 6 N–H and O–H groups in total. The van der Waals surface area contributed by atoms with Crippen LogP contribution in [0.1, 0.15) is 124 Å². The summed E-state index contributed by atoms with van der Waals surface area (Å²) in [5.41, 5.74) is 4.73. The van der Waals surface area contributed by atoms with Crippen LogP contribution in [0.2, 0.25) is 0 Å². The van der Waals surface area contributed by atoms with E-state index in [4.69, 9.17) is 28.4 Å². The Hall–Kier alpha value is -5.24. The number of hydrogen-bond donors (Lipinski definition) is 6. The zero-order valence-corrected chi connectivity index (χ0v) is 40.0. The van der Waals surface area contributed by atoms with E-state index in [1.807, 2.05) is 37.4 Å². The van der Waals surface area contributed by atoms with Crippen LogP contribution >= 0.6 is 0 Å². The summed E-state index contributed by atoms with van der Waals surface area (Å²) in [5, 5.41) is 61.6. The molecular weight excluding hydrogens is 875 g/mol. The average Bonchev–Trinajstić information content (AvgIpc) is 3.86. The van der Waals surface area contributed by atoms with Crippen molar-refractivity contribution in [1.82, 2.24) is 5.32 Å². The molecule has 3 fully saturated rings. The Labute approximate surface area is 405 Å². The molecule has 2 aliphatic heterocycles. The Morgan fingerprint density at radius 2 is 1.46 bits per heavy atom. The number of phenols is 3. The normalized spacial score (nSPS) is 26.2. The van der Waals surface area contributed by atoms with Crippen molar-refractivity contribution >= 4 is 10.8 Å². The molecule has 3 aliphatic carbocycles. The highest BCUT2D eigenvalue weighted by atomic mass is 16.5. The highest BCUT2D eigenvalue weighted by Gasteiger charge is 2.50. The number of nitrogens with one attached hydrogen (secondary N) is 1. The number of methoxy groups -OCH3 is 1. The standard InChI is InChI=1S/C57H69NO11/c1-58-49-22-19-39(62)29-52(49)69-57-47-31-51(67-41-12-4-3-5-13-41)45-28-38(61)18-21-44(45)56(47)68-50(16-9-23-64-2)53(57)48-32-65-55-35(27-42(30-46(55)54(48)63)66-40-14-6-7-15-40)24-34-26-37(60)17-20-43(34)33-10-8-11-36(59)25-33/h8,10-11,17-18,20-21,25-28,30-31,39-41,48-50,52-54,57-63H,3-7,9,12-16,19,22-24,29,32H2,1-2H3/t39-,48-,49-,50-,52-,53-,54-,57+/m1/s1. The first-order valence-corrected chi connectivity index (χ1v) is 25.5. The van der Waals surface area contributed by atoms with Crippen molar-refractivity contribution in [3.05, 3.63) is 101 Å². The molecular formula is C57H69NO11. The third-order valence-corrected chi connectivity index (χ3v) is 15.6. The zero-order valence-electron chi connectivity index (χ0n) is 40.0. The van der Waals surface area contributed by atoms with E-state index < -0.39 is 36.3 Å². The van der Waals surface area contributed by atoms with Gasteiger partial charge in [0.05, 0.1) is 43.2 Å². The van der Waals surface area contributed by atoms with E-state index in [1.165, 1.54) is 6.42 Å². The van der Waals surface area contributed by atoms with Gasteiger partial charge in [0.25, 0.3) is 0 Å². The molecule has 12 nitrogen and oxygen atoms in total. The number of benzene rings is 5. The van der Waals surface area contributed by atoms with E-state index in [0.29, 0.717) is 67.3 Å². The number of hydrogen-bond acceptors (Lipinski definition) is 12. The third kappa shape index (κ3) is 10.2. The second-order valence-electron chi connectivity index (χ2n) is 20.2. The SMILES string of the molecule is CN[C@@H]1CC[C@@H](O)C[C@H]1O[C@H]1c2cc(OC3CCCCC3)c3cc(O)ccc3c2O[C@H](CCCOC)[C@H]1[C@H]1COc2c(Cc3cc(O)ccc3-c3cccc(O)c3)cc(OC3CCCC3)cc2[C@H]1O. The van der Waals surface area contributed by atoms with Crippen LogP contribution < -0.4 is 24.3 Å². The molecule has 368 valence electrons. The molecule has 0 bridgehead atoms. The lowest BCUT2D eigenvalue weighted by Crippen LogP contribution is -2.51. The molecule has 0 amide bonds. The monoisotopic (exact) mass is 943 g/mol. The maximum atomic E-state index is 13.2. The highest BCUT2D eigenvalue weighted by molar-refractivity contribution is 5.96. The van der Waals surface area contributed by atoms with E-state index in [1.54, 1.807) is 49.6 Å². The molecule has 0 radical (unpaired) electrons. The highest BCUT2D eigenvalue weighted by Crippen LogP contribution is 2.56. The average molecular weight is 944 g/mol. The van der Waals surface area contributed by atoms with Crippen molar-refractivity contribution in [3.63, 3.8) is 0 Å². The Morgan fingerprint density at radius 3 is 2.25 bits per heavy atom. The van der Waals surface area contributed by atoms with Gasteiger partial charge in [0, 0.05) is 71.9 Å². The van der Waals surface area contributed by atoms with Crippen molar-refractivity contribution in [3.8, 4) is 51.4 Å². The molecule has 0 saturated heterocycles. The smallest absolute Gasteiger partial charge is 0.133 e. The molecule has 3 saturated carbocycles. The van der Waals surface area contributed by atoms with Gasteiger partial charge >= 0.3 is 0 Å². The Balaban J connectivity index is 1.10. The molecule has 5 aliphatic rings. The lowest BCUT2D eigenvalue weighted by atomic mass is 9.72. The van der Waals surface area contributed by atoms with Crippen LogP contribution in [0.25, 0.3) is 21.9 Å². The van der Waals surface area contributed by atoms with Gasteiger partial charge in [-0.05, 0) is 161 Å². The van der Waals surface area contributed by atoms with E-state index in [-0.39, 0.29) is 48.2 Å². The number of fused-ring (bicyclic) bond motifs is 4. The minimum atomic E-state index is -1.03. The maximum absolute atomic E-state index is 13.2. The molecule has 2 heterocycles. The molecule has 8 atom stereocenters. The van der Waals surface area contributed by atoms with Gasteiger partial charge in [0.15, 0.2) is 0 Å². The summed E-state index contributed by atoms with van der Waals surface area (Å²) in [5.74, 6) is 1.98. The fourth-order valence-corrected chi connectivity index (χ4v) is 12.1. The first-order chi connectivity index (χ1) is 33.6. The van der Waals surface area contributed by atoms with Crippen molar-refractivity contribution in [2.24, 2.45) is 11.8 Å². The predicted molar refractivity (Wildman–Crippen MR) is 264 cm³/mol. The number of aliphatic hydroxyl groups is 2. The minimum absolute atomic E-state index is 0.0177. The number of phenolic OH excluding ortho intramolecular Hbond substituents is 3. The molecule has 0 unspecified atom stereocenters. The Bertz CT molecular complexity index is 2570. The summed E-state index contributed by atoms with van der Waals surface area (Å²) < 4.78 is 41.1. The van der Waals surface area contributed by atoms with Gasteiger partial charge in [0.1, 0.15) is 46.4 Å². The lowest BCUT2D eigenvalue weighted by Gasteiger charge is -2.48. The molecule has 0 spiro atoms. The van der Waals surface area contributed by atoms with Crippen molar-refractivity contribution in [1.29, 1.82) is 0 Å². The molecule has 69 heavy (non-hydrogen) atoms. The largest absolute Gasteiger partial charge is 0.508 e. The summed E-state index contributed by atoms with van der Waals surface area (Å²) in [7, 11) is 3.64. The van der Waals surface area contributed by atoms with Crippen LogP contribution in [-0.2, 0) is 15.9 Å². The van der Waals surface area contributed by atoms with Crippen LogP contribution in [0.5, 0.6) is 40.2 Å². The number of ether oxygens (including phenoxy) is 6. The van der Waals surface area contributed by atoms with Crippen molar-refractivity contribution in [2.45, 2.75) is 145 Å². The van der Waals surface area contributed by atoms with Gasteiger partial charge in [-0.15, -0.1) is 0 Å². The Kier molecular flexibility index (Phi) is 14.4. The minimum Gasteiger partial charge on any atom is -0.508 e. The van der Waals surface area contributed by atoms with E-state index in [2.05, 4.69) is 11.4 Å². The molecule has 5 aromatic carbocycles. The Morgan fingerprint density at radius 1 is 0.710 bits per heavy atom. The number of aromatic hydroxyl groups is 3. The van der Waals surface area contributed by atoms with Crippen LogP contribution in [0, 0.1) is 11.8 Å². The van der Waals surface area contributed by atoms with E-state index in [9.17, 15) is 25.5 Å². The number of rotatable bonds is 15. The zero-order chi connectivity index (χ0) is 47.6. The van der Waals surface area contributed by atoms with Crippen molar-refractivity contribution < 1.29 is 54.0 Å². The lowest BCUT2D eigenvalue weighted by molar-refractivity contribution is -0.151. The van der Waals surface area contributed by atoms with Crippen LogP contribution in [0.15, 0.2) is 78.9 Å². The third-order valence-electron chi connectivity index (χ3n) is 15.6. The summed E-state index contributed by atoms with van der Waals surface area (Å²) in [6.45, 7) is 0.672. The molecule has 0 aromatic heterocycles. The number of likely N-dealkylation sites (N-methyl/N-ethyl adjacent to an activating group) is 1. The van der Waals surface area contributed by atoms with Gasteiger partial charge in [-0.25, -0.2) is 0 Å². The maximum Gasteiger partial charge on any atom is 0.133 e. The van der Waals surface area contributed by atoms with Gasteiger partial charge in [-0.2, -0.15) is 0 Å². The van der Waals surface area contributed by atoms with Gasteiger partial charge in [-0.3, -0.25) is 0 Å². The fourth-order valence-electron chi connectivity index (χ4n) is 12.1. The van der Waals surface area contributed by atoms with Gasteiger partial charge < -0.3 is 59.3 Å². The van der Waals surface area contributed by atoms with Crippen LogP contribution in [-0.4, -0.2) is 89.5 Å². The second kappa shape index (κ2) is 21.0. The van der Waals surface area contributed by atoms with Crippen LogP contribution in [0.3, 0.4) is 0 Å². The first kappa shape index (κ1) is 47.4. The molecule has 5 aromatic rings. The molecule has 10 rings (SSSR count). The van der Waals surface area contributed by atoms with Gasteiger partial charge in [0.2, 0.25) is 0 Å². The van der Waals surface area contributed by atoms with E-state index in [0.717, 1.165) is 96.4 Å². The van der Waals surface area contributed by atoms with E-state index >= 15 is 0 Å². The summed E-state index contributed by atoms with van der Waals surface area (Å²) in [4.78, 5) is 0. The van der Waals surface area contributed by atoms with Crippen molar-refractivity contribution in [2.75, 3.05) is 27.4 Å². The summed E-state index contributed by atoms with van der Waals surface area (Å²) in [6, 6.07) is 23.7. The second-order valence-corrected chi connectivity index (χ2v) is 20.2. The van der Waals surface area contributed by atoms with Gasteiger partial charge in [-0.1, -0.05) is 24.6 Å². The summed E-state index contributed by atoms with van der Waals surface area (Å²) in [6.07, 6.45) is 9.96. The predicted octanol–water partition coefficient (Wildman–Crippen LogP) is 10.4. The van der Waals surface area contributed by atoms with Crippen LogP contribution in [0.4, 0.5) is 0 Å². The number of aliphatic hydroxyl groups excluding tert-OH is 2. The topological polar surface area (TPSA) is 169 Å². The quantitative estimate of drug-likeness (QED) is 0.0551. The first-order valence-electron chi connectivity index (χ1n) is 25.5. The molecule has 12 heteroatoms. The fraction of sp³-hybridized carbons (Fsp3) is 0.509. The summed E-state index contributed by atoms with van der Waals surface area (Å²) >= 11 is 0.